The Bertz CT molecular complexity index is 545. The molecule has 18 heavy (non-hydrogen) atoms. The van der Waals surface area contributed by atoms with Crippen molar-refractivity contribution < 1.29 is 9.18 Å². The summed E-state index contributed by atoms with van der Waals surface area (Å²) in [4.78, 5) is 15.8. The first-order valence-corrected chi connectivity index (χ1v) is 5.96. The van der Waals surface area contributed by atoms with Crippen molar-refractivity contribution in [2.45, 2.75) is 6.92 Å². The highest BCUT2D eigenvalue weighted by Crippen LogP contribution is 2.17. The molecule has 0 bridgehead atoms. The Balaban J connectivity index is 2.25. The molecule has 0 atom stereocenters. The van der Waals surface area contributed by atoms with E-state index in [1.54, 1.807) is 0 Å². The third-order valence-electron chi connectivity index (χ3n) is 2.04. The first kappa shape index (κ1) is 12.4. The molecule has 94 valence electrons. The van der Waals surface area contributed by atoms with E-state index in [0.29, 0.717) is 17.4 Å². The number of nitrogens with one attached hydrogen (secondary N) is 2. The molecule has 2 aromatic rings. The van der Waals surface area contributed by atoms with Crippen LogP contribution in [0.4, 0.5) is 15.2 Å². The number of hydrogen-bond acceptors (Lipinski definition) is 6. The number of rotatable bonds is 4. The van der Waals surface area contributed by atoms with Crippen LogP contribution < -0.4 is 10.6 Å². The number of amides is 1. The molecule has 0 unspecified atom stereocenters. The van der Waals surface area contributed by atoms with Crippen molar-refractivity contribution in [3.63, 3.8) is 0 Å². The molecule has 0 spiro atoms. The second-order valence-corrected chi connectivity index (χ2v) is 4.10. The van der Waals surface area contributed by atoms with Crippen LogP contribution in [0.15, 0.2) is 18.5 Å². The lowest BCUT2D eigenvalue weighted by atomic mass is 10.2. The van der Waals surface area contributed by atoms with Crippen LogP contribution in [0, 0.1) is 5.82 Å². The fourth-order valence-corrected chi connectivity index (χ4v) is 1.74. The monoisotopic (exact) mass is 267 g/mol. The summed E-state index contributed by atoms with van der Waals surface area (Å²) in [6.07, 6.45) is 2.48. The zero-order valence-electron chi connectivity index (χ0n) is 9.48. The van der Waals surface area contributed by atoms with E-state index in [9.17, 15) is 9.18 Å². The fourth-order valence-electron chi connectivity index (χ4n) is 1.32. The van der Waals surface area contributed by atoms with Gasteiger partial charge in [-0.1, -0.05) is 4.49 Å². The SMILES string of the molecule is CCNc1ncc(F)cc1C(=O)Nc1cnns1. The van der Waals surface area contributed by atoms with E-state index >= 15 is 0 Å². The topological polar surface area (TPSA) is 79.8 Å². The summed E-state index contributed by atoms with van der Waals surface area (Å²) in [5.41, 5.74) is 0.144. The number of carbonyl (C=O) groups is 1. The molecule has 0 aliphatic carbocycles. The molecular formula is C10H10FN5OS. The summed E-state index contributed by atoms with van der Waals surface area (Å²) in [7, 11) is 0. The van der Waals surface area contributed by atoms with Gasteiger partial charge < -0.3 is 10.6 Å². The predicted molar refractivity (Wildman–Crippen MR) is 66.2 cm³/mol. The van der Waals surface area contributed by atoms with Crippen LogP contribution in [0.2, 0.25) is 0 Å². The molecule has 0 radical (unpaired) electrons. The Morgan fingerprint density at radius 3 is 3.00 bits per heavy atom. The van der Waals surface area contributed by atoms with Crippen molar-refractivity contribution in [3.05, 3.63) is 29.8 Å². The summed E-state index contributed by atoms with van der Waals surface area (Å²) >= 11 is 1.04. The molecule has 0 saturated heterocycles. The predicted octanol–water partition coefficient (Wildman–Crippen LogP) is 1.76. The molecule has 2 N–H and O–H groups in total. The number of pyridine rings is 1. The zero-order chi connectivity index (χ0) is 13.0. The highest BCUT2D eigenvalue weighted by molar-refractivity contribution is 7.10. The minimum atomic E-state index is -0.566. The molecule has 8 heteroatoms. The van der Waals surface area contributed by atoms with E-state index in [2.05, 4.69) is 25.2 Å². The molecule has 0 aromatic carbocycles. The first-order valence-electron chi connectivity index (χ1n) is 5.19. The number of halogens is 1. The third-order valence-corrected chi connectivity index (χ3v) is 2.62. The van der Waals surface area contributed by atoms with Crippen molar-refractivity contribution in [1.82, 2.24) is 14.6 Å². The highest BCUT2D eigenvalue weighted by atomic mass is 32.1. The van der Waals surface area contributed by atoms with Gasteiger partial charge in [-0.05, 0) is 13.0 Å². The standard InChI is InChI=1S/C10H10FN5OS/c1-2-12-9-7(3-6(11)4-13-9)10(17)15-8-5-14-16-18-8/h3-5H,2H2,1H3,(H,12,13)(H,15,17). The van der Waals surface area contributed by atoms with Gasteiger partial charge in [-0.25, -0.2) is 9.37 Å². The van der Waals surface area contributed by atoms with E-state index in [1.165, 1.54) is 6.20 Å². The van der Waals surface area contributed by atoms with Crippen LogP contribution in [0.5, 0.6) is 0 Å². The lowest BCUT2D eigenvalue weighted by Crippen LogP contribution is -2.15. The summed E-state index contributed by atoms with van der Waals surface area (Å²) < 4.78 is 16.8. The Labute approximate surface area is 106 Å². The number of hydrogen-bond donors (Lipinski definition) is 2. The fraction of sp³-hybridized carbons (Fsp3) is 0.200. The van der Waals surface area contributed by atoms with Gasteiger partial charge in [0.15, 0.2) is 0 Å². The molecule has 0 aliphatic rings. The van der Waals surface area contributed by atoms with Crippen LogP contribution in [0.3, 0.4) is 0 Å². The molecule has 0 saturated carbocycles. The summed E-state index contributed by atoms with van der Waals surface area (Å²) in [6.45, 7) is 2.45. The van der Waals surface area contributed by atoms with Gasteiger partial charge in [0.2, 0.25) is 0 Å². The second-order valence-electron chi connectivity index (χ2n) is 3.32. The Morgan fingerprint density at radius 1 is 1.50 bits per heavy atom. The maximum absolute atomic E-state index is 13.1. The van der Waals surface area contributed by atoms with Crippen LogP contribution in [0.25, 0.3) is 0 Å². The quantitative estimate of drug-likeness (QED) is 0.882. The molecule has 2 aromatic heterocycles. The molecule has 0 fully saturated rings. The first-order chi connectivity index (χ1) is 8.70. The normalized spacial score (nSPS) is 10.1. The van der Waals surface area contributed by atoms with Crippen LogP contribution in [-0.2, 0) is 0 Å². The van der Waals surface area contributed by atoms with Crippen LogP contribution in [0.1, 0.15) is 17.3 Å². The maximum Gasteiger partial charge on any atom is 0.260 e. The van der Waals surface area contributed by atoms with E-state index in [4.69, 9.17) is 0 Å². The van der Waals surface area contributed by atoms with Crippen molar-refractivity contribution >= 4 is 28.3 Å². The third kappa shape index (κ3) is 2.77. The average molecular weight is 267 g/mol. The molecule has 1 amide bonds. The van der Waals surface area contributed by atoms with Crippen molar-refractivity contribution in [2.24, 2.45) is 0 Å². The number of nitrogens with zero attached hydrogens (tertiary/aromatic N) is 3. The van der Waals surface area contributed by atoms with Gasteiger partial charge in [0.1, 0.15) is 16.6 Å². The van der Waals surface area contributed by atoms with Gasteiger partial charge in [0.05, 0.1) is 18.0 Å². The number of anilines is 2. The van der Waals surface area contributed by atoms with Crippen LogP contribution >= 0.6 is 11.5 Å². The summed E-state index contributed by atoms with van der Waals surface area (Å²) in [5.74, 6) is -0.679. The van der Waals surface area contributed by atoms with Gasteiger partial charge in [-0.2, -0.15) is 0 Å². The van der Waals surface area contributed by atoms with E-state index in [0.717, 1.165) is 23.8 Å². The molecule has 2 heterocycles. The lowest BCUT2D eigenvalue weighted by Gasteiger charge is -2.08. The molecule has 6 nitrogen and oxygen atoms in total. The molecule has 0 aliphatic heterocycles. The highest BCUT2D eigenvalue weighted by Gasteiger charge is 2.14. The van der Waals surface area contributed by atoms with Gasteiger partial charge in [0.25, 0.3) is 5.91 Å². The Hall–Kier alpha value is -2.09. The number of aromatic nitrogens is 3. The second kappa shape index (κ2) is 5.50. The summed E-state index contributed by atoms with van der Waals surface area (Å²) in [5, 5.41) is 9.56. The van der Waals surface area contributed by atoms with Crippen molar-refractivity contribution in [3.8, 4) is 0 Å². The van der Waals surface area contributed by atoms with E-state index in [1.807, 2.05) is 6.92 Å². The maximum atomic E-state index is 13.1. The smallest absolute Gasteiger partial charge is 0.260 e. The molecule has 2 rings (SSSR count). The Kier molecular flexibility index (Phi) is 3.78. The van der Waals surface area contributed by atoms with E-state index in [-0.39, 0.29) is 5.56 Å². The Morgan fingerprint density at radius 2 is 2.33 bits per heavy atom. The van der Waals surface area contributed by atoms with Gasteiger partial charge in [0, 0.05) is 18.1 Å². The summed E-state index contributed by atoms with van der Waals surface area (Å²) in [6, 6.07) is 1.13. The number of carbonyl (C=O) groups excluding carboxylic acids is 1. The molecular weight excluding hydrogens is 257 g/mol. The largest absolute Gasteiger partial charge is 0.370 e. The van der Waals surface area contributed by atoms with Gasteiger partial charge in [-0.15, -0.1) is 5.10 Å². The van der Waals surface area contributed by atoms with Gasteiger partial charge in [-0.3, -0.25) is 4.79 Å². The van der Waals surface area contributed by atoms with Crippen molar-refractivity contribution in [1.29, 1.82) is 0 Å². The minimum absolute atomic E-state index is 0.144. The average Bonchev–Trinajstić information content (AvgIpc) is 2.84. The minimum Gasteiger partial charge on any atom is -0.370 e. The van der Waals surface area contributed by atoms with Gasteiger partial charge >= 0.3 is 0 Å². The zero-order valence-corrected chi connectivity index (χ0v) is 10.3. The lowest BCUT2D eigenvalue weighted by molar-refractivity contribution is 0.102. The van der Waals surface area contributed by atoms with Crippen molar-refractivity contribution in [2.75, 3.05) is 17.2 Å². The van der Waals surface area contributed by atoms with E-state index < -0.39 is 11.7 Å². The van der Waals surface area contributed by atoms with Crippen LogP contribution in [-0.4, -0.2) is 27.0 Å².